The van der Waals surface area contributed by atoms with Gasteiger partial charge in [-0.15, -0.1) is 24.8 Å². The SMILES string of the molecule is Cl.Cl.Fc1cc(F)c([C@H](C2CCC2)N2CCNCC2)c(F)c1. The molecule has 1 aliphatic heterocycles. The number of halogens is 5. The Labute approximate surface area is 141 Å². The van der Waals surface area contributed by atoms with E-state index >= 15 is 0 Å². The Morgan fingerprint density at radius 3 is 2.00 bits per heavy atom. The monoisotopic (exact) mass is 356 g/mol. The van der Waals surface area contributed by atoms with Crippen molar-refractivity contribution in [2.24, 2.45) is 5.92 Å². The van der Waals surface area contributed by atoms with Crippen LogP contribution in [0.25, 0.3) is 0 Å². The third kappa shape index (κ3) is 3.88. The van der Waals surface area contributed by atoms with Crippen LogP contribution in [0.15, 0.2) is 12.1 Å². The third-order valence-electron chi connectivity index (χ3n) is 4.48. The molecular weight excluding hydrogens is 336 g/mol. The van der Waals surface area contributed by atoms with E-state index in [0.29, 0.717) is 0 Å². The van der Waals surface area contributed by atoms with Crippen LogP contribution in [0, 0.1) is 23.4 Å². The van der Waals surface area contributed by atoms with Crippen LogP contribution in [0.5, 0.6) is 0 Å². The highest BCUT2D eigenvalue weighted by molar-refractivity contribution is 5.85. The van der Waals surface area contributed by atoms with E-state index in [1.54, 1.807) is 0 Å². The van der Waals surface area contributed by atoms with Gasteiger partial charge in [-0.1, -0.05) is 6.42 Å². The number of nitrogens with zero attached hydrogens (tertiary/aromatic N) is 1. The quantitative estimate of drug-likeness (QED) is 0.888. The fraction of sp³-hybridized carbons (Fsp3) is 0.600. The first-order chi connectivity index (χ1) is 9.66. The lowest BCUT2D eigenvalue weighted by Crippen LogP contribution is -2.48. The molecule has 1 aliphatic carbocycles. The summed E-state index contributed by atoms with van der Waals surface area (Å²) in [6, 6.07) is 1.34. The van der Waals surface area contributed by atoms with Gasteiger partial charge in [-0.2, -0.15) is 0 Å². The van der Waals surface area contributed by atoms with E-state index < -0.39 is 17.5 Å². The molecule has 22 heavy (non-hydrogen) atoms. The fourth-order valence-corrected chi connectivity index (χ4v) is 3.27. The highest BCUT2D eigenvalue weighted by Gasteiger charge is 2.37. The van der Waals surface area contributed by atoms with Gasteiger partial charge in [0.1, 0.15) is 17.5 Å². The van der Waals surface area contributed by atoms with Crippen LogP contribution in [-0.4, -0.2) is 31.1 Å². The summed E-state index contributed by atoms with van der Waals surface area (Å²) in [7, 11) is 0. The van der Waals surface area contributed by atoms with Crippen molar-refractivity contribution in [2.75, 3.05) is 26.2 Å². The lowest BCUT2D eigenvalue weighted by Gasteiger charge is -2.43. The number of rotatable bonds is 3. The third-order valence-corrected chi connectivity index (χ3v) is 4.48. The molecule has 0 unspecified atom stereocenters. The van der Waals surface area contributed by atoms with E-state index in [1.165, 1.54) is 0 Å². The van der Waals surface area contributed by atoms with Gasteiger partial charge in [-0.05, 0) is 18.8 Å². The molecule has 1 atom stereocenters. The number of hydrogen-bond donors (Lipinski definition) is 1. The van der Waals surface area contributed by atoms with Crippen molar-refractivity contribution in [3.05, 3.63) is 35.1 Å². The Morgan fingerprint density at radius 1 is 1.00 bits per heavy atom. The Hall–Kier alpha value is -0.490. The van der Waals surface area contributed by atoms with Crippen LogP contribution in [0.3, 0.4) is 0 Å². The molecule has 2 fully saturated rings. The van der Waals surface area contributed by atoms with Crippen molar-refractivity contribution in [1.29, 1.82) is 0 Å². The van der Waals surface area contributed by atoms with Gasteiger partial charge >= 0.3 is 0 Å². The number of hydrogen-bond acceptors (Lipinski definition) is 2. The Kier molecular flexibility index (Phi) is 7.46. The molecule has 2 aliphatic rings. The summed E-state index contributed by atoms with van der Waals surface area (Å²) in [5.74, 6) is -2.07. The summed E-state index contributed by atoms with van der Waals surface area (Å²) in [5.41, 5.74) is 0.0537. The molecule has 1 saturated carbocycles. The highest BCUT2D eigenvalue weighted by Crippen LogP contribution is 2.43. The molecular formula is C15H21Cl2F3N2. The predicted octanol–water partition coefficient (Wildman–Crippen LogP) is 3.69. The number of nitrogens with one attached hydrogen (secondary N) is 1. The van der Waals surface area contributed by atoms with Gasteiger partial charge in [-0.3, -0.25) is 4.90 Å². The van der Waals surface area contributed by atoms with Crippen LogP contribution < -0.4 is 5.32 Å². The summed E-state index contributed by atoms with van der Waals surface area (Å²) in [5, 5.41) is 3.25. The minimum absolute atomic E-state index is 0. The second-order valence-corrected chi connectivity index (χ2v) is 5.70. The van der Waals surface area contributed by atoms with Crippen LogP contribution in [-0.2, 0) is 0 Å². The number of benzene rings is 1. The fourth-order valence-electron chi connectivity index (χ4n) is 3.27. The molecule has 1 aromatic carbocycles. The van der Waals surface area contributed by atoms with Gasteiger partial charge in [0.2, 0.25) is 0 Å². The summed E-state index contributed by atoms with van der Waals surface area (Å²) in [4.78, 5) is 2.14. The van der Waals surface area contributed by atoms with Crippen molar-refractivity contribution in [2.45, 2.75) is 25.3 Å². The van der Waals surface area contributed by atoms with E-state index in [9.17, 15) is 13.2 Å². The normalized spacial score (nSPS) is 20.5. The molecule has 0 spiro atoms. The molecule has 7 heteroatoms. The van der Waals surface area contributed by atoms with Crippen LogP contribution in [0.4, 0.5) is 13.2 Å². The van der Waals surface area contributed by atoms with Gasteiger partial charge < -0.3 is 5.32 Å². The van der Waals surface area contributed by atoms with Crippen molar-refractivity contribution < 1.29 is 13.2 Å². The average molecular weight is 357 g/mol. The maximum Gasteiger partial charge on any atom is 0.133 e. The molecule has 1 saturated heterocycles. The summed E-state index contributed by atoms with van der Waals surface area (Å²) < 4.78 is 41.3. The van der Waals surface area contributed by atoms with Crippen molar-refractivity contribution in [3.8, 4) is 0 Å². The second-order valence-electron chi connectivity index (χ2n) is 5.70. The smallest absolute Gasteiger partial charge is 0.133 e. The van der Waals surface area contributed by atoms with E-state index in [-0.39, 0.29) is 42.3 Å². The average Bonchev–Trinajstić information content (AvgIpc) is 2.35. The molecule has 2 nitrogen and oxygen atoms in total. The largest absolute Gasteiger partial charge is 0.314 e. The van der Waals surface area contributed by atoms with Gasteiger partial charge in [0.15, 0.2) is 0 Å². The first-order valence-electron chi connectivity index (χ1n) is 7.26. The molecule has 0 aromatic heterocycles. The van der Waals surface area contributed by atoms with E-state index in [0.717, 1.165) is 57.6 Å². The lowest BCUT2D eigenvalue weighted by molar-refractivity contribution is 0.0783. The summed E-state index contributed by atoms with van der Waals surface area (Å²) in [6.07, 6.45) is 3.09. The molecule has 1 N–H and O–H groups in total. The predicted molar refractivity (Wildman–Crippen MR) is 85.3 cm³/mol. The van der Waals surface area contributed by atoms with Crippen molar-refractivity contribution >= 4 is 24.8 Å². The Balaban J connectivity index is 0.00000121. The topological polar surface area (TPSA) is 15.3 Å². The second kappa shape index (κ2) is 8.39. The molecule has 3 rings (SSSR count). The van der Waals surface area contributed by atoms with E-state index in [2.05, 4.69) is 10.2 Å². The van der Waals surface area contributed by atoms with Gasteiger partial charge in [-0.25, -0.2) is 13.2 Å². The molecule has 126 valence electrons. The van der Waals surface area contributed by atoms with Gasteiger partial charge in [0.25, 0.3) is 0 Å². The van der Waals surface area contributed by atoms with Crippen LogP contribution >= 0.6 is 24.8 Å². The summed E-state index contributed by atoms with van der Waals surface area (Å²) in [6.45, 7) is 3.20. The first-order valence-corrected chi connectivity index (χ1v) is 7.26. The van der Waals surface area contributed by atoms with Crippen LogP contribution in [0.2, 0.25) is 0 Å². The Bertz CT molecular complexity index is 469. The first kappa shape index (κ1) is 19.6. The lowest BCUT2D eigenvalue weighted by atomic mass is 9.76. The zero-order valence-electron chi connectivity index (χ0n) is 12.2. The highest BCUT2D eigenvalue weighted by atomic mass is 35.5. The maximum absolute atomic E-state index is 14.1. The van der Waals surface area contributed by atoms with Crippen molar-refractivity contribution in [1.82, 2.24) is 10.2 Å². The standard InChI is InChI=1S/C15H19F3N2.2ClH/c16-11-8-12(17)14(13(18)9-11)15(10-2-1-3-10)20-6-4-19-5-7-20;;/h8-10,15,19H,1-7H2;2*1H/t15-;;/m0../s1. The molecule has 0 radical (unpaired) electrons. The van der Waals surface area contributed by atoms with Gasteiger partial charge in [0, 0.05) is 49.9 Å². The molecule has 1 aromatic rings. The molecule has 0 amide bonds. The number of piperazine rings is 1. The van der Waals surface area contributed by atoms with Crippen LogP contribution in [0.1, 0.15) is 30.9 Å². The van der Waals surface area contributed by atoms with Gasteiger partial charge in [0.05, 0.1) is 0 Å². The Morgan fingerprint density at radius 2 is 1.55 bits per heavy atom. The molecule has 1 heterocycles. The zero-order chi connectivity index (χ0) is 14.1. The summed E-state index contributed by atoms with van der Waals surface area (Å²) >= 11 is 0. The zero-order valence-corrected chi connectivity index (χ0v) is 13.8. The molecule has 0 bridgehead atoms. The van der Waals surface area contributed by atoms with E-state index in [4.69, 9.17) is 0 Å². The van der Waals surface area contributed by atoms with E-state index in [1.807, 2.05) is 0 Å². The minimum Gasteiger partial charge on any atom is -0.314 e. The van der Waals surface area contributed by atoms with Crippen molar-refractivity contribution in [3.63, 3.8) is 0 Å². The minimum atomic E-state index is -0.851. The maximum atomic E-state index is 14.1.